The van der Waals surface area contributed by atoms with Crippen molar-refractivity contribution in [3.8, 4) is 5.75 Å². The molecule has 3 rings (SSSR count). The number of methoxy groups -OCH3 is 1. The van der Waals surface area contributed by atoms with Gasteiger partial charge >= 0.3 is 11.0 Å². The number of aliphatic carboxylic acids is 1. The predicted octanol–water partition coefficient (Wildman–Crippen LogP) is 5.43. The lowest BCUT2D eigenvalue weighted by Gasteiger charge is -2.47. The highest BCUT2D eigenvalue weighted by Crippen LogP contribution is 2.48. The van der Waals surface area contributed by atoms with Crippen LogP contribution in [0.1, 0.15) is 51.5 Å². The summed E-state index contributed by atoms with van der Waals surface area (Å²) in [6.45, 7) is 7.07. The third kappa shape index (κ3) is 4.98. The number of anilines is 1. The Morgan fingerprint density at radius 2 is 2.19 bits per heavy atom. The molecule has 1 atom stereocenters. The van der Waals surface area contributed by atoms with Gasteiger partial charge in [0.25, 0.3) is 0 Å². The molecule has 0 aliphatic carbocycles. The van der Waals surface area contributed by atoms with E-state index in [1.807, 2.05) is 12.1 Å². The Morgan fingerprint density at radius 1 is 1.45 bits per heavy atom. The average Bonchev–Trinajstić information content (AvgIpc) is 3.17. The molecule has 1 aromatic heterocycles. The van der Waals surface area contributed by atoms with E-state index in [1.165, 1.54) is 0 Å². The Bertz CT molecular complexity index is 1020. The van der Waals surface area contributed by atoms with Crippen LogP contribution < -0.4 is 9.64 Å². The molecule has 1 N–H and O–H groups in total. The molecule has 0 saturated carbocycles. The maximum Gasteiger partial charge on any atom is 0.345 e. The number of azo groups is 1. The number of nitrogens with zero attached hydrogens (tertiary/aromatic N) is 5. The molecular weight excluding hydrogens is 422 g/mol. The Kier molecular flexibility index (Phi) is 6.54. The lowest BCUT2D eigenvalue weighted by atomic mass is 9.79. The molecule has 166 valence electrons. The Morgan fingerprint density at radius 3 is 2.81 bits per heavy atom. The van der Waals surface area contributed by atoms with Crippen molar-refractivity contribution in [3.63, 3.8) is 0 Å². The van der Waals surface area contributed by atoms with Crippen LogP contribution in [-0.4, -0.2) is 40.2 Å². The van der Waals surface area contributed by atoms with Crippen molar-refractivity contribution in [2.24, 2.45) is 10.2 Å². The summed E-state index contributed by atoms with van der Waals surface area (Å²) in [6.07, 6.45) is 2.71. The van der Waals surface area contributed by atoms with E-state index in [0.717, 1.165) is 35.2 Å². The van der Waals surface area contributed by atoms with E-state index >= 15 is 0 Å². The molecule has 1 aliphatic heterocycles. The van der Waals surface area contributed by atoms with E-state index in [-0.39, 0.29) is 28.0 Å². The van der Waals surface area contributed by atoms with Crippen molar-refractivity contribution in [2.45, 2.75) is 51.5 Å². The van der Waals surface area contributed by atoms with Crippen LogP contribution in [0.2, 0.25) is 0 Å². The summed E-state index contributed by atoms with van der Waals surface area (Å²) in [6, 6.07) is 3.83. The quantitative estimate of drug-likeness (QED) is 0.324. The zero-order chi connectivity index (χ0) is 22.8. The fourth-order valence-electron chi connectivity index (χ4n) is 4.03. The molecule has 31 heavy (non-hydrogen) atoms. The first-order valence-corrected chi connectivity index (χ1v) is 10.7. The van der Waals surface area contributed by atoms with Crippen LogP contribution in [0.4, 0.5) is 21.5 Å². The van der Waals surface area contributed by atoms with Crippen LogP contribution in [0.15, 0.2) is 28.6 Å². The first-order valence-electron chi connectivity index (χ1n) is 9.85. The predicted molar refractivity (Wildman–Crippen MR) is 117 cm³/mol. The Hall–Kier alpha value is -3.08. The van der Waals surface area contributed by atoms with Crippen molar-refractivity contribution >= 4 is 38.8 Å². The molecule has 0 bridgehead atoms. The molecule has 10 nitrogen and oxygen atoms in total. The molecule has 0 fully saturated rings. The molecule has 0 radical (unpaired) electrons. The number of carboxylic acid groups (broad SMARTS) is 1. The van der Waals surface area contributed by atoms with Gasteiger partial charge in [0.2, 0.25) is 5.13 Å². The largest absolute Gasteiger partial charge is 0.494 e. The summed E-state index contributed by atoms with van der Waals surface area (Å²) in [5.74, 6) is -0.0395. The van der Waals surface area contributed by atoms with E-state index in [9.17, 15) is 14.9 Å². The maximum atomic E-state index is 11.0. The Balaban J connectivity index is 1.96. The number of ether oxygens (including phenoxy) is 1. The lowest BCUT2D eigenvalue weighted by Crippen LogP contribution is -2.48. The number of thiazole rings is 1. The van der Waals surface area contributed by atoms with Gasteiger partial charge < -0.3 is 14.7 Å². The maximum absolute atomic E-state index is 11.0. The van der Waals surface area contributed by atoms with Gasteiger partial charge in [-0.25, -0.2) is 4.98 Å². The van der Waals surface area contributed by atoms with Gasteiger partial charge in [0.15, 0.2) is 0 Å². The summed E-state index contributed by atoms with van der Waals surface area (Å²) in [5, 5.41) is 28.2. The second-order valence-corrected chi connectivity index (χ2v) is 9.08. The van der Waals surface area contributed by atoms with Crippen LogP contribution in [0.5, 0.6) is 5.75 Å². The SMILES string of the molecule is COc1cc2c(cc1/N=N/c1ncc([N+](=O)[O-])s1)C(C)CC(C)(C)N2CCCC(=O)O. The van der Waals surface area contributed by atoms with E-state index in [4.69, 9.17) is 9.84 Å². The minimum Gasteiger partial charge on any atom is -0.494 e. The minimum atomic E-state index is -0.806. The fourth-order valence-corrected chi connectivity index (χ4v) is 4.59. The second kappa shape index (κ2) is 8.96. The third-order valence-corrected chi connectivity index (χ3v) is 6.20. The van der Waals surface area contributed by atoms with Crippen LogP contribution in [-0.2, 0) is 4.79 Å². The number of hydrogen-bond donors (Lipinski definition) is 1. The van der Waals surface area contributed by atoms with Crippen molar-refractivity contribution in [1.29, 1.82) is 0 Å². The smallest absolute Gasteiger partial charge is 0.345 e. The molecule has 2 heterocycles. The van der Waals surface area contributed by atoms with Crippen molar-refractivity contribution in [1.82, 2.24) is 4.98 Å². The van der Waals surface area contributed by atoms with Crippen molar-refractivity contribution in [2.75, 3.05) is 18.6 Å². The zero-order valence-corrected chi connectivity index (χ0v) is 18.7. The molecule has 1 aromatic carbocycles. The Labute approximate surface area is 183 Å². The molecule has 0 amide bonds. The van der Waals surface area contributed by atoms with E-state index in [0.29, 0.717) is 24.4 Å². The number of rotatable bonds is 8. The van der Waals surface area contributed by atoms with Gasteiger partial charge in [-0.3, -0.25) is 14.9 Å². The number of benzene rings is 1. The standard InChI is InChI=1S/C20H25N5O5S/c1-12-10-20(2,3)24(7-5-6-18(26)27)15-9-16(30-4)14(8-13(12)15)22-23-19-21-11-17(31-19)25(28)29/h8-9,11-12H,5-7,10H2,1-4H3,(H,26,27)/b23-22+. The highest BCUT2D eigenvalue weighted by Gasteiger charge is 2.37. The van der Waals surface area contributed by atoms with Gasteiger partial charge in [-0.15, -0.1) is 10.2 Å². The van der Waals surface area contributed by atoms with Gasteiger partial charge in [-0.1, -0.05) is 6.92 Å². The summed E-state index contributed by atoms with van der Waals surface area (Å²) in [4.78, 5) is 27.4. The normalized spacial score (nSPS) is 17.5. The first-order chi connectivity index (χ1) is 14.6. The van der Waals surface area contributed by atoms with Gasteiger partial charge in [0.05, 0.1) is 12.0 Å². The molecule has 1 unspecified atom stereocenters. The molecule has 11 heteroatoms. The number of hydrogen-bond acceptors (Lipinski definition) is 9. The molecule has 2 aromatic rings. The number of carbonyl (C=O) groups is 1. The average molecular weight is 448 g/mol. The lowest BCUT2D eigenvalue weighted by molar-refractivity contribution is -0.380. The zero-order valence-electron chi connectivity index (χ0n) is 17.9. The summed E-state index contributed by atoms with van der Waals surface area (Å²) in [7, 11) is 1.54. The monoisotopic (exact) mass is 447 g/mol. The topological polar surface area (TPSA) is 131 Å². The third-order valence-electron chi connectivity index (χ3n) is 5.36. The van der Waals surface area contributed by atoms with Crippen LogP contribution in [0.25, 0.3) is 0 Å². The van der Waals surface area contributed by atoms with Crippen molar-refractivity contribution in [3.05, 3.63) is 34.0 Å². The van der Waals surface area contributed by atoms with Gasteiger partial charge in [0, 0.05) is 30.3 Å². The first kappa shape index (κ1) is 22.6. The highest BCUT2D eigenvalue weighted by atomic mass is 32.1. The van der Waals surface area contributed by atoms with Crippen LogP contribution in [0.3, 0.4) is 0 Å². The van der Waals surface area contributed by atoms with E-state index < -0.39 is 10.9 Å². The summed E-state index contributed by atoms with van der Waals surface area (Å²) in [5.41, 5.74) is 2.44. The van der Waals surface area contributed by atoms with Gasteiger partial charge in [-0.2, -0.15) is 0 Å². The van der Waals surface area contributed by atoms with Crippen LogP contribution in [0, 0.1) is 10.1 Å². The number of nitro groups is 1. The van der Waals surface area contributed by atoms with E-state index in [1.54, 1.807) is 7.11 Å². The highest BCUT2D eigenvalue weighted by molar-refractivity contribution is 7.18. The fraction of sp³-hybridized carbons (Fsp3) is 0.500. The number of carboxylic acids is 1. The number of fused-ring (bicyclic) bond motifs is 1. The molecule has 1 aliphatic rings. The second-order valence-electron chi connectivity index (χ2n) is 8.09. The summed E-state index contributed by atoms with van der Waals surface area (Å²) < 4.78 is 5.54. The minimum absolute atomic E-state index is 0.0980. The van der Waals surface area contributed by atoms with E-state index in [2.05, 4.69) is 40.9 Å². The molecular formula is C20H25N5O5S. The van der Waals surface area contributed by atoms with Crippen molar-refractivity contribution < 1.29 is 19.6 Å². The summed E-state index contributed by atoms with van der Waals surface area (Å²) >= 11 is 0.847. The molecule has 0 saturated heterocycles. The molecule has 0 spiro atoms. The van der Waals surface area contributed by atoms with Gasteiger partial charge in [0.1, 0.15) is 17.6 Å². The number of aromatic nitrogens is 1. The van der Waals surface area contributed by atoms with Crippen LogP contribution >= 0.6 is 11.3 Å². The van der Waals surface area contributed by atoms with Gasteiger partial charge in [-0.05, 0) is 55.6 Å².